The van der Waals surface area contributed by atoms with Crippen molar-refractivity contribution in [3.63, 3.8) is 0 Å². The highest BCUT2D eigenvalue weighted by molar-refractivity contribution is 5.20. The summed E-state index contributed by atoms with van der Waals surface area (Å²) in [6, 6.07) is 0.565. The summed E-state index contributed by atoms with van der Waals surface area (Å²) in [5.74, 6) is 1.24. The molecular weight excluding hydrogens is 210 g/mol. The zero-order valence-electron chi connectivity index (χ0n) is 12.1. The predicted molar refractivity (Wildman–Crippen MR) is 73.1 cm³/mol. The number of hydrogen-bond acceptors (Lipinski definition) is 2. The third kappa shape index (κ3) is 4.50. The standard InChI is InChI=1S/C14H27N3/c1-10(2)7-12(5)15-8-13-9-17(6)16-14(13)11(3)4/h9-12,15H,7-8H2,1-6H3. The maximum absolute atomic E-state index is 4.53. The lowest BCUT2D eigenvalue weighted by atomic mass is 10.0. The van der Waals surface area contributed by atoms with E-state index < -0.39 is 0 Å². The van der Waals surface area contributed by atoms with E-state index in [0.717, 1.165) is 12.5 Å². The lowest BCUT2D eigenvalue weighted by molar-refractivity contribution is 0.440. The first kappa shape index (κ1) is 14.2. The van der Waals surface area contributed by atoms with Crippen molar-refractivity contribution in [2.45, 2.75) is 59.5 Å². The molecule has 1 atom stereocenters. The molecular formula is C14H27N3. The second-order valence-corrected chi connectivity index (χ2v) is 5.78. The molecule has 98 valence electrons. The van der Waals surface area contributed by atoms with E-state index in [1.807, 2.05) is 11.7 Å². The molecule has 0 aliphatic heterocycles. The number of nitrogens with one attached hydrogen (secondary N) is 1. The Morgan fingerprint density at radius 3 is 2.41 bits per heavy atom. The van der Waals surface area contributed by atoms with Crippen LogP contribution in [0.5, 0.6) is 0 Å². The van der Waals surface area contributed by atoms with E-state index in [1.165, 1.54) is 17.7 Å². The molecule has 1 heterocycles. The van der Waals surface area contributed by atoms with Crippen LogP contribution >= 0.6 is 0 Å². The largest absolute Gasteiger partial charge is 0.310 e. The maximum atomic E-state index is 4.53. The highest BCUT2D eigenvalue weighted by Crippen LogP contribution is 2.17. The maximum Gasteiger partial charge on any atom is 0.0694 e. The third-order valence-electron chi connectivity index (χ3n) is 2.95. The van der Waals surface area contributed by atoms with Gasteiger partial charge < -0.3 is 5.32 Å². The quantitative estimate of drug-likeness (QED) is 0.824. The number of nitrogens with zero attached hydrogens (tertiary/aromatic N) is 2. The number of aromatic nitrogens is 2. The smallest absolute Gasteiger partial charge is 0.0694 e. The first-order valence-electron chi connectivity index (χ1n) is 6.66. The molecule has 3 heteroatoms. The monoisotopic (exact) mass is 237 g/mol. The van der Waals surface area contributed by atoms with Gasteiger partial charge in [0, 0.05) is 31.4 Å². The Labute approximate surface area is 106 Å². The molecule has 0 amide bonds. The Hall–Kier alpha value is -0.830. The molecule has 1 N–H and O–H groups in total. The van der Waals surface area contributed by atoms with Crippen LogP contribution < -0.4 is 5.32 Å². The van der Waals surface area contributed by atoms with Gasteiger partial charge in [-0.25, -0.2) is 0 Å². The van der Waals surface area contributed by atoms with Crippen LogP contribution in [-0.2, 0) is 13.6 Å². The van der Waals surface area contributed by atoms with Crippen molar-refractivity contribution in [2.75, 3.05) is 0 Å². The Kier molecular flexibility index (Phi) is 5.19. The predicted octanol–water partition coefficient (Wildman–Crippen LogP) is 3.07. The van der Waals surface area contributed by atoms with Crippen LogP contribution in [0, 0.1) is 5.92 Å². The van der Waals surface area contributed by atoms with E-state index >= 15 is 0 Å². The summed E-state index contributed by atoms with van der Waals surface area (Å²) < 4.78 is 1.92. The van der Waals surface area contributed by atoms with E-state index in [4.69, 9.17) is 0 Å². The molecule has 1 rings (SSSR count). The van der Waals surface area contributed by atoms with Crippen LogP contribution in [0.2, 0.25) is 0 Å². The second-order valence-electron chi connectivity index (χ2n) is 5.78. The Morgan fingerprint density at radius 2 is 1.88 bits per heavy atom. The van der Waals surface area contributed by atoms with Gasteiger partial charge in [0.15, 0.2) is 0 Å². The molecule has 0 saturated heterocycles. The zero-order valence-corrected chi connectivity index (χ0v) is 12.1. The van der Waals surface area contributed by atoms with Gasteiger partial charge in [0.05, 0.1) is 5.69 Å². The van der Waals surface area contributed by atoms with Crippen molar-refractivity contribution < 1.29 is 0 Å². The van der Waals surface area contributed by atoms with E-state index in [1.54, 1.807) is 0 Å². The first-order valence-corrected chi connectivity index (χ1v) is 6.66. The number of hydrogen-bond donors (Lipinski definition) is 1. The van der Waals surface area contributed by atoms with Crippen molar-refractivity contribution in [3.05, 3.63) is 17.5 Å². The minimum Gasteiger partial charge on any atom is -0.310 e. The average molecular weight is 237 g/mol. The van der Waals surface area contributed by atoms with Gasteiger partial charge >= 0.3 is 0 Å². The molecule has 17 heavy (non-hydrogen) atoms. The highest BCUT2D eigenvalue weighted by Gasteiger charge is 2.12. The Balaban J connectivity index is 2.56. The molecule has 0 aromatic carbocycles. The van der Waals surface area contributed by atoms with Crippen LogP contribution in [0.15, 0.2) is 6.20 Å². The van der Waals surface area contributed by atoms with Crippen LogP contribution in [-0.4, -0.2) is 15.8 Å². The summed E-state index contributed by atoms with van der Waals surface area (Å²) in [5, 5.41) is 8.11. The van der Waals surface area contributed by atoms with Crippen LogP contribution in [0.1, 0.15) is 58.2 Å². The lowest BCUT2D eigenvalue weighted by Crippen LogP contribution is -2.27. The fourth-order valence-electron chi connectivity index (χ4n) is 2.25. The van der Waals surface area contributed by atoms with Gasteiger partial charge in [0.1, 0.15) is 0 Å². The van der Waals surface area contributed by atoms with Crippen molar-refractivity contribution >= 4 is 0 Å². The van der Waals surface area contributed by atoms with Gasteiger partial charge in [0.2, 0.25) is 0 Å². The highest BCUT2D eigenvalue weighted by atomic mass is 15.3. The fourth-order valence-corrected chi connectivity index (χ4v) is 2.25. The molecule has 0 radical (unpaired) electrons. The molecule has 0 aliphatic carbocycles. The van der Waals surface area contributed by atoms with E-state index in [9.17, 15) is 0 Å². The molecule has 0 spiro atoms. The van der Waals surface area contributed by atoms with Gasteiger partial charge in [-0.1, -0.05) is 27.7 Å². The lowest BCUT2D eigenvalue weighted by Gasteiger charge is -2.16. The summed E-state index contributed by atoms with van der Waals surface area (Å²) in [5.41, 5.74) is 2.55. The molecule has 3 nitrogen and oxygen atoms in total. The van der Waals surface area contributed by atoms with Gasteiger partial charge in [-0.2, -0.15) is 5.10 Å². The summed E-state index contributed by atoms with van der Waals surface area (Å²) in [4.78, 5) is 0. The molecule has 1 unspecified atom stereocenters. The number of aryl methyl sites for hydroxylation is 1. The number of rotatable bonds is 6. The van der Waals surface area contributed by atoms with Gasteiger partial charge in [-0.15, -0.1) is 0 Å². The van der Waals surface area contributed by atoms with Gasteiger partial charge in [0.25, 0.3) is 0 Å². The van der Waals surface area contributed by atoms with E-state index in [2.05, 4.69) is 51.2 Å². The second kappa shape index (κ2) is 6.20. The Bertz CT molecular complexity index is 339. The summed E-state index contributed by atoms with van der Waals surface area (Å²) in [6.45, 7) is 12.1. The Morgan fingerprint density at radius 1 is 1.24 bits per heavy atom. The van der Waals surface area contributed by atoms with Crippen LogP contribution in [0.3, 0.4) is 0 Å². The topological polar surface area (TPSA) is 29.9 Å². The van der Waals surface area contributed by atoms with Crippen LogP contribution in [0.4, 0.5) is 0 Å². The first-order chi connectivity index (χ1) is 7.90. The summed E-state index contributed by atoms with van der Waals surface area (Å²) in [6.07, 6.45) is 3.35. The average Bonchev–Trinajstić information content (AvgIpc) is 2.55. The van der Waals surface area contributed by atoms with Crippen LogP contribution in [0.25, 0.3) is 0 Å². The van der Waals surface area contributed by atoms with E-state index in [0.29, 0.717) is 12.0 Å². The molecule has 0 fully saturated rings. The molecule has 0 saturated carbocycles. The normalized spacial score (nSPS) is 13.6. The fraction of sp³-hybridized carbons (Fsp3) is 0.786. The summed E-state index contributed by atoms with van der Waals surface area (Å²) >= 11 is 0. The van der Waals surface area contributed by atoms with Crippen molar-refractivity contribution in [1.29, 1.82) is 0 Å². The van der Waals surface area contributed by atoms with Crippen molar-refractivity contribution in [2.24, 2.45) is 13.0 Å². The van der Waals surface area contributed by atoms with Gasteiger partial charge in [-0.3, -0.25) is 4.68 Å². The SMILES string of the molecule is CC(C)CC(C)NCc1cn(C)nc1C(C)C. The third-order valence-corrected chi connectivity index (χ3v) is 2.95. The molecule has 1 aromatic rings. The van der Waals surface area contributed by atoms with Crippen molar-refractivity contribution in [1.82, 2.24) is 15.1 Å². The van der Waals surface area contributed by atoms with Crippen molar-refractivity contribution in [3.8, 4) is 0 Å². The van der Waals surface area contributed by atoms with E-state index in [-0.39, 0.29) is 0 Å². The molecule has 0 bridgehead atoms. The molecule has 0 aliphatic rings. The molecule has 1 aromatic heterocycles. The minimum absolute atomic E-state index is 0.494. The minimum atomic E-state index is 0.494. The zero-order chi connectivity index (χ0) is 13.0. The van der Waals surface area contributed by atoms with Gasteiger partial charge in [-0.05, 0) is 25.2 Å². The summed E-state index contributed by atoms with van der Waals surface area (Å²) in [7, 11) is 1.99.